The quantitative estimate of drug-likeness (QED) is 0.606. The molecule has 1 saturated carbocycles. The number of esters is 1. The third-order valence-corrected chi connectivity index (χ3v) is 8.04. The number of nitrogens with zero attached hydrogens (tertiary/aromatic N) is 4. The summed E-state index contributed by atoms with van der Waals surface area (Å²) in [5.41, 5.74) is 0.634. The molecular weight excluding hydrogens is 467 g/mol. The molecule has 1 aromatic heterocycles. The summed E-state index contributed by atoms with van der Waals surface area (Å²) < 4.78 is 26.0. The molecular formula is C26H27FN4O5. The van der Waals surface area contributed by atoms with E-state index >= 15 is 4.39 Å². The molecule has 1 aromatic carbocycles. The zero-order chi connectivity index (χ0) is 25.1. The predicted octanol–water partition coefficient (Wildman–Crippen LogP) is 2.44. The first-order valence-electron chi connectivity index (χ1n) is 12.2. The second kappa shape index (κ2) is 8.18. The molecule has 1 spiro atoms. The van der Waals surface area contributed by atoms with Gasteiger partial charge in [-0.25, -0.2) is 14.0 Å². The van der Waals surface area contributed by atoms with Gasteiger partial charge in [0, 0.05) is 68.4 Å². The number of rotatable bonds is 3. The van der Waals surface area contributed by atoms with Gasteiger partial charge in [0.15, 0.2) is 5.60 Å². The second-order valence-corrected chi connectivity index (χ2v) is 9.97. The molecule has 1 atom stereocenters. The number of halogens is 1. The zero-order valence-electron chi connectivity index (χ0n) is 20.0. The fourth-order valence-electron chi connectivity index (χ4n) is 5.89. The van der Waals surface area contributed by atoms with Crippen LogP contribution in [0.3, 0.4) is 0 Å². The number of anilines is 1. The maximum Gasteiger partial charge on any atom is 0.409 e. The molecule has 6 rings (SSSR count). The largest absolute Gasteiger partial charge is 0.453 e. The first-order chi connectivity index (χ1) is 17.4. The summed E-state index contributed by atoms with van der Waals surface area (Å²) in [5.74, 6) is -0.926. The van der Waals surface area contributed by atoms with Crippen molar-refractivity contribution in [1.29, 1.82) is 0 Å². The third-order valence-electron chi connectivity index (χ3n) is 8.04. The SMILES string of the molecule is COC(=O)N1CCN(c2ccc(C3(C(=O)N4CC[C@@]5(C4)OC(=O)c4cnccc45)CC3)c(F)c2)CC1. The molecule has 0 radical (unpaired) electrons. The summed E-state index contributed by atoms with van der Waals surface area (Å²) in [4.78, 5) is 47.1. The number of ether oxygens (including phenoxy) is 2. The Morgan fingerprint density at radius 2 is 1.81 bits per heavy atom. The number of piperazine rings is 1. The molecule has 3 fully saturated rings. The van der Waals surface area contributed by atoms with Crippen molar-refractivity contribution in [2.45, 2.75) is 30.3 Å². The number of carbonyl (C=O) groups excluding carboxylic acids is 3. The summed E-state index contributed by atoms with van der Waals surface area (Å²) in [7, 11) is 1.36. The van der Waals surface area contributed by atoms with Crippen LogP contribution in [-0.4, -0.2) is 79.1 Å². The van der Waals surface area contributed by atoms with E-state index in [1.54, 1.807) is 28.1 Å². The molecule has 1 aliphatic carbocycles. The Labute approximate surface area is 207 Å². The van der Waals surface area contributed by atoms with Crippen LogP contribution in [0.1, 0.15) is 40.7 Å². The Balaban J connectivity index is 1.18. The normalized spacial score (nSPS) is 24.1. The minimum atomic E-state index is -0.874. The number of aromatic nitrogens is 1. The number of hydrogen-bond acceptors (Lipinski definition) is 7. The van der Waals surface area contributed by atoms with Crippen molar-refractivity contribution >= 4 is 23.7 Å². The van der Waals surface area contributed by atoms with E-state index in [1.165, 1.54) is 19.4 Å². The lowest BCUT2D eigenvalue weighted by molar-refractivity contribution is -0.134. The summed E-state index contributed by atoms with van der Waals surface area (Å²) in [6, 6.07) is 6.85. The molecule has 4 aliphatic rings. The van der Waals surface area contributed by atoms with Crippen LogP contribution in [0.5, 0.6) is 0 Å². The number of fused-ring (bicyclic) bond motifs is 2. The van der Waals surface area contributed by atoms with E-state index in [2.05, 4.69) is 4.98 Å². The van der Waals surface area contributed by atoms with Gasteiger partial charge < -0.3 is 24.2 Å². The van der Waals surface area contributed by atoms with Crippen molar-refractivity contribution in [3.05, 3.63) is 59.2 Å². The smallest absolute Gasteiger partial charge is 0.409 e. The molecule has 0 bridgehead atoms. The Kier molecular flexibility index (Phi) is 5.17. The topological polar surface area (TPSA) is 92.3 Å². The van der Waals surface area contributed by atoms with E-state index in [0.717, 1.165) is 11.3 Å². The Morgan fingerprint density at radius 1 is 1.03 bits per heavy atom. The molecule has 0 unspecified atom stereocenters. The summed E-state index contributed by atoms with van der Waals surface area (Å²) in [6.45, 7) is 2.85. The maximum absolute atomic E-state index is 15.4. The van der Waals surface area contributed by atoms with E-state index < -0.39 is 22.8 Å². The van der Waals surface area contributed by atoms with Gasteiger partial charge in [-0.2, -0.15) is 0 Å². The fraction of sp³-hybridized carbons (Fsp3) is 0.462. The number of methoxy groups -OCH3 is 1. The van der Waals surface area contributed by atoms with E-state index in [-0.39, 0.29) is 18.5 Å². The van der Waals surface area contributed by atoms with Gasteiger partial charge in [0.05, 0.1) is 24.6 Å². The maximum atomic E-state index is 15.4. The molecule has 188 valence electrons. The average molecular weight is 495 g/mol. The Hall–Kier alpha value is -3.69. The lowest BCUT2D eigenvalue weighted by Gasteiger charge is -2.35. The number of carbonyl (C=O) groups is 3. The molecule has 2 saturated heterocycles. The predicted molar refractivity (Wildman–Crippen MR) is 126 cm³/mol. The van der Waals surface area contributed by atoms with Gasteiger partial charge in [-0.3, -0.25) is 9.78 Å². The van der Waals surface area contributed by atoms with Crippen molar-refractivity contribution in [1.82, 2.24) is 14.8 Å². The van der Waals surface area contributed by atoms with Gasteiger partial charge in [-0.1, -0.05) is 6.07 Å². The van der Waals surface area contributed by atoms with Crippen LogP contribution in [0.15, 0.2) is 36.7 Å². The van der Waals surface area contributed by atoms with Gasteiger partial charge in [0.25, 0.3) is 0 Å². The zero-order valence-corrected chi connectivity index (χ0v) is 20.0. The number of pyridine rings is 1. The third kappa shape index (κ3) is 3.42. The number of benzene rings is 1. The second-order valence-electron chi connectivity index (χ2n) is 9.97. The minimum Gasteiger partial charge on any atom is -0.453 e. The van der Waals surface area contributed by atoms with Gasteiger partial charge in [0.1, 0.15) is 5.82 Å². The molecule has 2 aromatic rings. The highest BCUT2D eigenvalue weighted by Gasteiger charge is 2.58. The van der Waals surface area contributed by atoms with Crippen LogP contribution in [0, 0.1) is 5.82 Å². The van der Waals surface area contributed by atoms with Crippen LogP contribution < -0.4 is 4.90 Å². The highest BCUT2D eigenvalue weighted by molar-refractivity contribution is 5.95. The van der Waals surface area contributed by atoms with Gasteiger partial charge in [-0.05, 0) is 31.0 Å². The molecule has 3 aliphatic heterocycles. The van der Waals surface area contributed by atoms with Gasteiger partial charge >= 0.3 is 12.1 Å². The van der Waals surface area contributed by atoms with Crippen molar-refractivity contribution in [3.63, 3.8) is 0 Å². The Bertz CT molecular complexity index is 1260. The summed E-state index contributed by atoms with van der Waals surface area (Å²) >= 11 is 0. The van der Waals surface area contributed by atoms with E-state index in [0.29, 0.717) is 63.1 Å². The monoisotopic (exact) mass is 494 g/mol. The van der Waals surface area contributed by atoms with Gasteiger partial charge in [-0.15, -0.1) is 0 Å². The van der Waals surface area contributed by atoms with E-state index in [4.69, 9.17) is 9.47 Å². The van der Waals surface area contributed by atoms with Crippen LogP contribution in [-0.2, 0) is 25.3 Å². The minimum absolute atomic E-state index is 0.115. The molecule has 2 amide bonds. The average Bonchev–Trinajstić information content (AvgIpc) is 3.52. The summed E-state index contributed by atoms with van der Waals surface area (Å²) in [5, 5.41) is 0. The van der Waals surface area contributed by atoms with Crippen LogP contribution in [0.2, 0.25) is 0 Å². The number of hydrogen-bond donors (Lipinski definition) is 0. The highest BCUT2D eigenvalue weighted by Crippen LogP contribution is 2.53. The fourth-order valence-corrected chi connectivity index (χ4v) is 5.89. The lowest BCUT2D eigenvalue weighted by Crippen LogP contribution is -2.48. The molecule has 0 N–H and O–H groups in total. The molecule has 4 heterocycles. The van der Waals surface area contributed by atoms with E-state index in [1.807, 2.05) is 11.0 Å². The van der Waals surface area contributed by atoms with Crippen molar-refractivity contribution < 1.29 is 28.2 Å². The van der Waals surface area contributed by atoms with Crippen molar-refractivity contribution in [3.8, 4) is 0 Å². The first-order valence-corrected chi connectivity index (χ1v) is 12.2. The van der Waals surface area contributed by atoms with Crippen LogP contribution in [0.4, 0.5) is 14.9 Å². The van der Waals surface area contributed by atoms with Gasteiger partial charge in [0.2, 0.25) is 5.91 Å². The highest BCUT2D eigenvalue weighted by atomic mass is 19.1. The molecule has 9 nitrogen and oxygen atoms in total. The van der Waals surface area contributed by atoms with Crippen LogP contribution >= 0.6 is 0 Å². The standard InChI is InChI=1S/C26H27FN4O5/c1-35-24(34)30-12-10-29(11-13-30)17-2-3-20(21(27)14-17)25(5-6-25)23(33)31-9-7-26(16-31)19-4-8-28-15-18(19)22(32)36-26/h2-4,8,14-15H,5-7,9-13,16H2,1H3/t26-/m0/s1. The van der Waals surface area contributed by atoms with Crippen LogP contribution in [0.25, 0.3) is 0 Å². The number of amides is 2. The molecule has 10 heteroatoms. The lowest BCUT2D eigenvalue weighted by atomic mass is 9.92. The van der Waals surface area contributed by atoms with Crippen molar-refractivity contribution in [2.24, 2.45) is 0 Å². The first kappa shape index (κ1) is 22.8. The molecule has 36 heavy (non-hydrogen) atoms. The van der Waals surface area contributed by atoms with Crippen molar-refractivity contribution in [2.75, 3.05) is 51.3 Å². The van der Waals surface area contributed by atoms with E-state index in [9.17, 15) is 14.4 Å². The number of likely N-dealkylation sites (tertiary alicyclic amines) is 1. The summed E-state index contributed by atoms with van der Waals surface area (Å²) in [6.07, 6.45) is 4.46. The Morgan fingerprint density at radius 3 is 2.50 bits per heavy atom.